The molecule has 0 spiro atoms. The number of fused-ring (bicyclic) bond motifs is 1. The average Bonchev–Trinajstić information content (AvgIpc) is 2.39. The molecule has 16 heavy (non-hydrogen) atoms. The van der Waals surface area contributed by atoms with Gasteiger partial charge in [-0.25, -0.2) is 0 Å². The van der Waals surface area contributed by atoms with Crippen molar-refractivity contribution < 1.29 is 4.74 Å². The van der Waals surface area contributed by atoms with Gasteiger partial charge in [-0.15, -0.1) is 0 Å². The van der Waals surface area contributed by atoms with Gasteiger partial charge >= 0.3 is 0 Å². The number of hydrogen-bond acceptors (Lipinski definition) is 3. The average molecular weight is 214 g/mol. The number of ether oxygens (including phenoxy) is 1. The molecule has 1 aromatic carbocycles. The normalized spacial score (nSPS) is 16.6. The Morgan fingerprint density at radius 1 is 1.06 bits per heavy atom. The largest absolute Gasteiger partial charge is 0.378 e. The molecular formula is C13H14N2O. The van der Waals surface area contributed by atoms with Crippen LogP contribution in [0.5, 0.6) is 0 Å². The third-order valence-electron chi connectivity index (χ3n) is 2.98. The van der Waals surface area contributed by atoms with Crippen LogP contribution in [0, 0.1) is 0 Å². The second-order valence-electron chi connectivity index (χ2n) is 3.95. The third kappa shape index (κ3) is 1.63. The van der Waals surface area contributed by atoms with E-state index in [1.807, 2.05) is 12.3 Å². The lowest BCUT2D eigenvalue weighted by Crippen LogP contribution is -2.36. The van der Waals surface area contributed by atoms with Crippen molar-refractivity contribution in [3.8, 4) is 0 Å². The molecule has 0 bridgehead atoms. The second kappa shape index (κ2) is 4.10. The molecular weight excluding hydrogens is 200 g/mol. The van der Waals surface area contributed by atoms with Gasteiger partial charge in [-0.2, -0.15) is 0 Å². The van der Waals surface area contributed by atoms with Gasteiger partial charge in [0.1, 0.15) is 0 Å². The standard InChI is InChI=1S/C13H14N2O/c1-2-4-12-11(3-1)13(5-6-14-12)15-7-9-16-10-8-15/h1-6H,7-10H2. The first-order valence-corrected chi connectivity index (χ1v) is 5.61. The first-order valence-electron chi connectivity index (χ1n) is 5.61. The predicted molar refractivity (Wildman–Crippen MR) is 64.8 cm³/mol. The van der Waals surface area contributed by atoms with Crippen molar-refractivity contribution in [2.24, 2.45) is 0 Å². The van der Waals surface area contributed by atoms with Crippen LogP contribution in [-0.2, 0) is 4.74 Å². The molecule has 1 aliphatic heterocycles. The van der Waals surface area contributed by atoms with Crippen LogP contribution in [0.4, 0.5) is 5.69 Å². The van der Waals surface area contributed by atoms with Gasteiger partial charge < -0.3 is 9.64 Å². The fourth-order valence-corrected chi connectivity index (χ4v) is 2.16. The Morgan fingerprint density at radius 3 is 2.75 bits per heavy atom. The fourth-order valence-electron chi connectivity index (χ4n) is 2.16. The number of nitrogens with zero attached hydrogens (tertiary/aromatic N) is 2. The van der Waals surface area contributed by atoms with Crippen molar-refractivity contribution in [2.45, 2.75) is 0 Å². The summed E-state index contributed by atoms with van der Waals surface area (Å²) in [6.07, 6.45) is 1.88. The molecule has 0 N–H and O–H groups in total. The predicted octanol–water partition coefficient (Wildman–Crippen LogP) is 2.07. The summed E-state index contributed by atoms with van der Waals surface area (Å²) in [7, 11) is 0. The summed E-state index contributed by atoms with van der Waals surface area (Å²) in [4.78, 5) is 6.75. The molecule has 3 rings (SSSR count). The summed E-state index contributed by atoms with van der Waals surface area (Å²) in [5, 5.41) is 1.23. The first-order chi connectivity index (χ1) is 7.95. The maximum atomic E-state index is 5.38. The van der Waals surface area contributed by atoms with Crippen LogP contribution in [0.3, 0.4) is 0 Å². The van der Waals surface area contributed by atoms with E-state index in [9.17, 15) is 0 Å². The van der Waals surface area contributed by atoms with E-state index in [1.165, 1.54) is 11.1 Å². The van der Waals surface area contributed by atoms with Crippen LogP contribution in [0.2, 0.25) is 0 Å². The highest BCUT2D eigenvalue weighted by Gasteiger charge is 2.13. The highest BCUT2D eigenvalue weighted by Crippen LogP contribution is 2.25. The molecule has 1 saturated heterocycles. The van der Waals surface area contributed by atoms with E-state index < -0.39 is 0 Å². The molecule has 3 nitrogen and oxygen atoms in total. The smallest absolute Gasteiger partial charge is 0.0722 e. The van der Waals surface area contributed by atoms with Crippen molar-refractivity contribution in [3.05, 3.63) is 36.5 Å². The van der Waals surface area contributed by atoms with E-state index in [1.54, 1.807) is 0 Å². The Balaban J connectivity index is 2.08. The fraction of sp³-hybridized carbons (Fsp3) is 0.308. The number of benzene rings is 1. The maximum Gasteiger partial charge on any atom is 0.0722 e. The van der Waals surface area contributed by atoms with Crippen molar-refractivity contribution in [3.63, 3.8) is 0 Å². The molecule has 0 aliphatic carbocycles. The summed E-state index contributed by atoms with van der Waals surface area (Å²) in [5.74, 6) is 0. The number of rotatable bonds is 1. The molecule has 1 aromatic heterocycles. The van der Waals surface area contributed by atoms with Gasteiger partial charge in [0, 0.05) is 30.4 Å². The lowest BCUT2D eigenvalue weighted by Gasteiger charge is -2.29. The zero-order chi connectivity index (χ0) is 10.8. The van der Waals surface area contributed by atoms with Gasteiger partial charge in [-0.1, -0.05) is 18.2 Å². The summed E-state index contributed by atoms with van der Waals surface area (Å²) < 4.78 is 5.38. The molecule has 1 fully saturated rings. The SMILES string of the molecule is c1ccc2c(N3CCOCC3)ccnc2c1. The number of anilines is 1. The number of para-hydroxylation sites is 1. The topological polar surface area (TPSA) is 25.4 Å². The van der Waals surface area contributed by atoms with Gasteiger partial charge in [-0.05, 0) is 12.1 Å². The Kier molecular flexibility index (Phi) is 2.46. The molecule has 0 radical (unpaired) electrons. The third-order valence-corrected chi connectivity index (χ3v) is 2.98. The lowest BCUT2D eigenvalue weighted by molar-refractivity contribution is 0.123. The zero-order valence-corrected chi connectivity index (χ0v) is 9.10. The van der Waals surface area contributed by atoms with Gasteiger partial charge in [-0.3, -0.25) is 4.98 Å². The van der Waals surface area contributed by atoms with Crippen LogP contribution in [0.1, 0.15) is 0 Å². The minimum absolute atomic E-state index is 0.816. The summed E-state index contributed by atoms with van der Waals surface area (Å²) in [5.41, 5.74) is 2.33. The Bertz CT molecular complexity index is 487. The van der Waals surface area contributed by atoms with E-state index in [0.717, 1.165) is 31.8 Å². The summed E-state index contributed by atoms with van der Waals surface area (Å²) >= 11 is 0. The van der Waals surface area contributed by atoms with E-state index in [-0.39, 0.29) is 0 Å². The van der Waals surface area contributed by atoms with Crippen LogP contribution in [0.15, 0.2) is 36.5 Å². The van der Waals surface area contributed by atoms with Crippen molar-refractivity contribution in [1.29, 1.82) is 0 Å². The van der Waals surface area contributed by atoms with Gasteiger partial charge in [0.15, 0.2) is 0 Å². The van der Waals surface area contributed by atoms with Crippen molar-refractivity contribution in [2.75, 3.05) is 31.2 Å². The number of pyridine rings is 1. The van der Waals surface area contributed by atoms with Crippen LogP contribution >= 0.6 is 0 Å². The van der Waals surface area contributed by atoms with E-state index in [2.05, 4.69) is 34.1 Å². The number of hydrogen-bond donors (Lipinski definition) is 0. The highest BCUT2D eigenvalue weighted by molar-refractivity contribution is 5.91. The summed E-state index contributed by atoms with van der Waals surface area (Å²) in [6, 6.07) is 10.4. The molecule has 0 saturated carbocycles. The number of aromatic nitrogens is 1. The number of morpholine rings is 1. The molecule has 0 unspecified atom stereocenters. The van der Waals surface area contributed by atoms with Crippen molar-refractivity contribution in [1.82, 2.24) is 4.98 Å². The van der Waals surface area contributed by atoms with Gasteiger partial charge in [0.25, 0.3) is 0 Å². The molecule has 0 atom stereocenters. The Morgan fingerprint density at radius 2 is 1.88 bits per heavy atom. The van der Waals surface area contributed by atoms with E-state index >= 15 is 0 Å². The molecule has 2 heterocycles. The zero-order valence-electron chi connectivity index (χ0n) is 9.10. The first kappa shape index (κ1) is 9.60. The maximum absolute atomic E-state index is 5.38. The molecule has 2 aromatic rings. The summed E-state index contributed by atoms with van der Waals surface area (Å²) in [6.45, 7) is 3.56. The minimum atomic E-state index is 0.816. The van der Waals surface area contributed by atoms with Crippen LogP contribution < -0.4 is 4.90 Å². The van der Waals surface area contributed by atoms with Crippen LogP contribution in [0.25, 0.3) is 10.9 Å². The molecule has 82 valence electrons. The quantitative estimate of drug-likeness (QED) is 0.726. The van der Waals surface area contributed by atoms with E-state index in [4.69, 9.17) is 4.74 Å². The van der Waals surface area contributed by atoms with E-state index in [0.29, 0.717) is 0 Å². The molecule has 1 aliphatic rings. The minimum Gasteiger partial charge on any atom is -0.378 e. The highest BCUT2D eigenvalue weighted by atomic mass is 16.5. The molecule has 3 heteroatoms. The Labute approximate surface area is 94.7 Å². The molecule has 0 amide bonds. The van der Waals surface area contributed by atoms with Crippen LogP contribution in [-0.4, -0.2) is 31.3 Å². The second-order valence-corrected chi connectivity index (χ2v) is 3.95. The van der Waals surface area contributed by atoms with Gasteiger partial charge in [0.2, 0.25) is 0 Å². The lowest BCUT2D eigenvalue weighted by atomic mass is 10.1. The van der Waals surface area contributed by atoms with Crippen molar-refractivity contribution >= 4 is 16.6 Å². The Hall–Kier alpha value is -1.61. The van der Waals surface area contributed by atoms with Gasteiger partial charge in [0.05, 0.1) is 18.7 Å². The monoisotopic (exact) mass is 214 g/mol.